The number of aromatic nitrogens is 1. The Kier molecular flexibility index (Phi) is 9.89. The number of pyridine rings is 1. The molecule has 5 atom stereocenters. The van der Waals surface area contributed by atoms with Crippen molar-refractivity contribution < 1.29 is 19.8 Å². The zero-order valence-corrected chi connectivity index (χ0v) is 32.2. The summed E-state index contributed by atoms with van der Waals surface area (Å²) >= 11 is 13.3. The molecule has 2 amide bonds. The highest BCUT2D eigenvalue weighted by molar-refractivity contribution is 6.31. The second-order valence-electron chi connectivity index (χ2n) is 16.6. The molecule has 10 heteroatoms. The number of amides is 2. The van der Waals surface area contributed by atoms with E-state index in [1.54, 1.807) is 18.3 Å². The highest BCUT2D eigenvalue weighted by atomic mass is 35.5. The molecule has 4 aliphatic rings. The van der Waals surface area contributed by atoms with E-state index in [1.165, 1.54) is 0 Å². The molecule has 1 saturated heterocycles. The summed E-state index contributed by atoms with van der Waals surface area (Å²) in [6.07, 6.45) is 5.45. The quantitative estimate of drug-likeness (QED) is 0.141. The number of halogens is 2. The Hall–Kier alpha value is -3.79. The number of anilines is 1. The Balaban J connectivity index is 1.45. The Morgan fingerprint density at radius 1 is 0.889 bits per heavy atom. The smallest absolute Gasteiger partial charge is 0.238 e. The number of hydrogen-bond donors (Lipinski definition) is 4. The Bertz CT molecular complexity index is 2010. The summed E-state index contributed by atoms with van der Waals surface area (Å²) in [5.74, 6) is -1.16. The number of nitrogens with zero attached hydrogens (tertiary/aromatic N) is 2. The molecular formula is C44H48Cl2N4O4. The van der Waals surface area contributed by atoms with E-state index in [0.717, 1.165) is 29.5 Å². The first-order valence-electron chi connectivity index (χ1n) is 19.2. The van der Waals surface area contributed by atoms with Crippen molar-refractivity contribution in [2.45, 2.75) is 112 Å². The van der Waals surface area contributed by atoms with Crippen molar-refractivity contribution in [1.29, 1.82) is 0 Å². The second-order valence-corrected chi connectivity index (χ2v) is 17.4. The predicted octanol–water partition coefficient (Wildman–Crippen LogP) is 8.28. The molecule has 54 heavy (non-hydrogen) atoms. The fourth-order valence-corrected chi connectivity index (χ4v) is 10.8. The van der Waals surface area contributed by atoms with Crippen molar-refractivity contribution in [1.82, 2.24) is 15.2 Å². The van der Waals surface area contributed by atoms with Crippen LogP contribution in [0.25, 0.3) is 0 Å². The van der Waals surface area contributed by atoms with Gasteiger partial charge in [0.15, 0.2) is 0 Å². The molecule has 2 saturated carbocycles. The maximum atomic E-state index is 15.6. The van der Waals surface area contributed by atoms with Crippen LogP contribution < -0.4 is 10.6 Å². The normalized spacial score (nSPS) is 28.4. The maximum absolute atomic E-state index is 15.6. The lowest BCUT2D eigenvalue weighted by molar-refractivity contribution is -0.137. The number of likely N-dealkylation sites (tertiary alicyclic amines) is 1. The second kappa shape index (κ2) is 14.4. The molecule has 2 aliphatic heterocycles. The Labute approximate surface area is 327 Å². The number of nitrogens with one attached hydrogen (secondary N) is 2. The molecule has 4 aromatic rings. The van der Waals surface area contributed by atoms with Gasteiger partial charge in [-0.05, 0) is 103 Å². The van der Waals surface area contributed by atoms with Gasteiger partial charge in [0.05, 0.1) is 24.3 Å². The molecule has 8 rings (SSSR count). The molecule has 2 spiro atoms. The third-order valence-electron chi connectivity index (χ3n) is 13.1. The minimum atomic E-state index is -1.30. The van der Waals surface area contributed by atoms with Gasteiger partial charge in [0.2, 0.25) is 11.8 Å². The summed E-state index contributed by atoms with van der Waals surface area (Å²) in [4.78, 5) is 37.8. The minimum absolute atomic E-state index is 0.0188. The molecule has 4 N–H and O–H groups in total. The van der Waals surface area contributed by atoms with E-state index < -0.39 is 35.1 Å². The highest BCUT2D eigenvalue weighted by Crippen LogP contribution is 2.69. The molecule has 8 nitrogen and oxygen atoms in total. The van der Waals surface area contributed by atoms with Crippen molar-refractivity contribution >= 4 is 40.7 Å². The first-order chi connectivity index (χ1) is 25.9. The number of fused-ring (bicyclic) bond motifs is 3. The van der Waals surface area contributed by atoms with Crippen LogP contribution in [0.4, 0.5) is 5.69 Å². The van der Waals surface area contributed by atoms with Crippen molar-refractivity contribution in [3.63, 3.8) is 0 Å². The van der Waals surface area contributed by atoms with Crippen LogP contribution in [0.3, 0.4) is 0 Å². The van der Waals surface area contributed by atoms with Crippen LogP contribution in [-0.4, -0.2) is 55.6 Å². The van der Waals surface area contributed by atoms with Crippen molar-refractivity contribution in [2.75, 3.05) is 5.32 Å². The van der Waals surface area contributed by atoms with E-state index in [2.05, 4.69) is 34.4 Å². The van der Waals surface area contributed by atoms with Gasteiger partial charge in [-0.1, -0.05) is 104 Å². The third-order valence-corrected chi connectivity index (χ3v) is 13.5. The molecule has 0 bridgehead atoms. The van der Waals surface area contributed by atoms with Gasteiger partial charge in [0.25, 0.3) is 0 Å². The van der Waals surface area contributed by atoms with Crippen molar-refractivity contribution in [3.8, 4) is 0 Å². The number of hydrogen-bond acceptors (Lipinski definition) is 6. The molecule has 3 fully saturated rings. The third kappa shape index (κ3) is 6.15. The van der Waals surface area contributed by atoms with Crippen LogP contribution in [-0.2, 0) is 15.0 Å². The minimum Gasteiger partial charge on any atom is -0.393 e. The first kappa shape index (κ1) is 37.1. The van der Waals surface area contributed by atoms with Crippen LogP contribution in [0.2, 0.25) is 10.2 Å². The van der Waals surface area contributed by atoms with Gasteiger partial charge in [-0.15, -0.1) is 0 Å². The van der Waals surface area contributed by atoms with Gasteiger partial charge >= 0.3 is 0 Å². The summed E-state index contributed by atoms with van der Waals surface area (Å²) in [5, 5.41) is 30.7. The van der Waals surface area contributed by atoms with E-state index in [0.29, 0.717) is 54.8 Å². The lowest BCUT2D eigenvalue weighted by Gasteiger charge is -2.56. The van der Waals surface area contributed by atoms with Crippen LogP contribution in [0.15, 0.2) is 97.2 Å². The first-order valence-corrected chi connectivity index (χ1v) is 20.0. The molecule has 1 aromatic heterocycles. The number of carbonyl (C=O) groups excluding carboxylic acids is 2. The molecule has 0 unspecified atom stereocenters. The van der Waals surface area contributed by atoms with Crippen molar-refractivity contribution in [3.05, 3.63) is 130 Å². The van der Waals surface area contributed by atoms with Gasteiger partial charge in [0, 0.05) is 34.4 Å². The monoisotopic (exact) mass is 766 g/mol. The molecule has 3 aromatic carbocycles. The van der Waals surface area contributed by atoms with Gasteiger partial charge in [-0.3, -0.25) is 14.5 Å². The molecule has 3 heterocycles. The van der Waals surface area contributed by atoms with Gasteiger partial charge in [-0.25, -0.2) is 4.98 Å². The van der Waals surface area contributed by atoms with E-state index in [4.69, 9.17) is 23.2 Å². The largest absolute Gasteiger partial charge is 0.393 e. The van der Waals surface area contributed by atoms with Crippen LogP contribution in [0.5, 0.6) is 0 Å². The van der Waals surface area contributed by atoms with Crippen LogP contribution >= 0.6 is 23.2 Å². The standard InChI is InChI=1S/C44H48Cl2N4O4/c1-42(2)20-22-43(23-21-42)44(33-18-13-30(45)26-34(33)49-41(44)54)36(29-19-24-47-35(46)25-29)38(40(53)48-31-14-16-32(51)17-15-31)50(43)37(27-9-5-3-6-10-27)39(52)28-11-7-4-8-12-28/h3-13,18-19,24-26,31-32,36-39,51-52H,14-17,20-23H2,1-2H3,(H,48,53)(H,49,54)/t31?,32?,36-,37+,38+,39-,44-/m0/s1. The lowest BCUT2D eigenvalue weighted by atomic mass is 9.53. The molecule has 282 valence electrons. The average Bonchev–Trinajstić information content (AvgIpc) is 3.59. The van der Waals surface area contributed by atoms with E-state index >= 15 is 9.59 Å². The van der Waals surface area contributed by atoms with E-state index in [9.17, 15) is 10.2 Å². The number of rotatable bonds is 7. The number of aliphatic hydroxyl groups excluding tert-OH is 2. The summed E-state index contributed by atoms with van der Waals surface area (Å²) in [5.41, 5.74) is 1.41. The zero-order chi connectivity index (χ0) is 37.8. The summed E-state index contributed by atoms with van der Waals surface area (Å²) in [6, 6.07) is 26.9. The maximum Gasteiger partial charge on any atom is 0.238 e. The summed E-state index contributed by atoms with van der Waals surface area (Å²) in [6.45, 7) is 4.53. The summed E-state index contributed by atoms with van der Waals surface area (Å²) in [7, 11) is 0. The number of benzene rings is 3. The van der Waals surface area contributed by atoms with E-state index in [1.807, 2.05) is 78.9 Å². The summed E-state index contributed by atoms with van der Waals surface area (Å²) < 4.78 is 0. The average molecular weight is 768 g/mol. The van der Waals surface area contributed by atoms with Gasteiger partial charge in [0.1, 0.15) is 10.6 Å². The Morgan fingerprint density at radius 2 is 1.54 bits per heavy atom. The predicted molar refractivity (Wildman–Crippen MR) is 211 cm³/mol. The topological polar surface area (TPSA) is 115 Å². The van der Waals surface area contributed by atoms with Gasteiger partial charge < -0.3 is 20.8 Å². The van der Waals surface area contributed by atoms with Gasteiger partial charge in [-0.2, -0.15) is 0 Å². The SMILES string of the molecule is CC1(C)CCC2(CC1)N([C@H](c1ccccc1)[C@@H](O)c1ccccc1)[C@@H](C(=O)NC1CCC(O)CC1)[C@H](c1ccnc(Cl)c1)[C@@]21C(=O)Nc2cc(Cl)ccc21. The molecule has 0 radical (unpaired) electrons. The van der Waals surface area contributed by atoms with E-state index in [-0.39, 0.29) is 34.5 Å². The molecular weight excluding hydrogens is 719 g/mol. The van der Waals surface area contributed by atoms with Crippen LogP contribution in [0.1, 0.15) is 106 Å². The zero-order valence-electron chi connectivity index (χ0n) is 30.7. The number of aliphatic hydroxyl groups is 2. The fourth-order valence-electron chi connectivity index (χ4n) is 10.5. The molecule has 2 aliphatic carbocycles. The fraction of sp³-hybridized carbons (Fsp3) is 0.432. The number of carbonyl (C=O) groups is 2. The Morgan fingerprint density at radius 3 is 2.19 bits per heavy atom. The lowest BCUT2D eigenvalue weighted by Crippen LogP contribution is -2.64. The van der Waals surface area contributed by atoms with Crippen molar-refractivity contribution in [2.24, 2.45) is 5.41 Å². The highest BCUT2D eigenvalue weighted by Gasteiger charge is 2.77. The van der Waals surface area contributed by atoms with Crippen LogP contribution in [0, 0.1) is 5.41 Å².